The lowest BCUT2D eigenvalue weighted by molar-refractivity contribution is -0.122. The zero-order valence-corrected chi connectivity index (χ0v) is 14.2. The summed E-state index contributed by atoms with van der Waals surface area (Å²) in [6.45, 7) is 7.02. The first-order chi connectivity index (χ1) is 9.44. The van der Waals surface area contributed by atoms with Crippen molar-refractivity contribution in [2.45, 2.75) is 64.6 Å². The van der Waals surface area contributed by atoms with E-state index in [0.717, 1.165) is 37.0 Å². The van der Waals surface area contributed by atoms with Crippen LogP contribution in [0.5, 0.6) is 0 Å². The lowest BCUT2D eigenvalue weighted by Gasteiger charge is -2.36. The zero-order valence-electron chi connectivity index (χ0n) is 13.2. The number of Topliss-reactive ketones (excluding diaryl/α,β-unsaturated/α-hetero) is 1. The second-order valence-electron chi connectivity index (χ2n) is 8.35. The predicted octanol–water partition coefficient (Wildman–Crippen LogP) is 4.29. The van der Waals surface area contributed by atoms with Gasteiger partial charge in [0.15, 0.2) is 0 Å². The fourth-order valence-electron chi connectivity index (χ4n) is 4.91. The van der Waals surface area contributed by atoms with E-state index in [1.165, 1.54) is 25.7 Å². The number of hydrogen-bond donors (Lipinski definition) is 0. The average Bonchev–Trinajstić information content (AvgIpc) is 2.95. The molecule has 2 bridgehead atoms. The molecule has 2 heteroatoms. The smallest absolute Gasteiger partial charge is 0.133 e. The maximum Gasteiger partial charge on any atom is 0.133 e. The minimum absolute atomic E-state index is 0.515. The molecular weight excluding hydrogens is 260 g/mol. The predicted molar refractivity (Wildman–Crippen MR) is 85.9 cm³/mol. The summed E-state index contributed by atoms with van der Waals surface area (Å²) in [7, 11) is -1.27. The Morgan fingerprint density at radius 3 is 2.50 bits per heavy atom. The molecule has 0 heterocycles. The number of rotatable bonds is 1. The van der Waals surface area contributed by atoms with Crippen molar-refractivity contribution >= 4 is 13.9 Å². The van der Waals surface area contributed by atoms with Gasteiger partial charge in [0, 0.05) is 18.8 Å². The van der Waals surface area contributed by atoms with Crippen molar-refractivity contribution < 1.29 is 4.79 Å². The van der Waals surface area contributed by atoms with E-state index in [-0.39, 0.29) is 0 Å². The number of fused-ring (bicyclic) bond motifs is 2. The largest absolute Gasteiger partial charge is 0.300 e. The van der Waals surface area contributed by atoms with E-state index in [2.05, 4.69) is 31.1 Å². The summed E-state index contributed by atoms with van der Waals surface area (Å²) in [5.74, 6) is 8.00. The molecule has 0 aliphatic heterocycles. The van der Waals surface area contributed by atoms with E-state index in [1.807, 2.05) is 0 Å². The van der Waals surface area contributed by atoms with Gasteiger partial charge in [-0.1, -0.05) is 19.6 Å². The SMILES string of the molecule is C[Si](C)(C)C#CC1C([C@H]2CCCC(=O)C2)[C@@H]2CC[C@H]1C2. The third-order valence-electron chi connectivity index (χ3n) is 5.66. The van der Waals surface area contributed by atoms with Crippen LogP contribution in [0.4, 0.5) is 0 Å². The molecule has 3 fully saturated rings. The fourth-order valence-corrected chi connectivity index (χ4v) is 5.51. The highest BCUT2D eigenvalue weighted by Gasteiger charge is 2.50. The zero-order chi connectivity index (χ0) is 14.3. The molecular formula is C18H28OSi. The maximum absolute atomic E-state index is 11.8. The van der Waals surface area contributed by atoms with Gasteiger partial charge in [0.1, 0.15) is 13.9 Å². The highest BCUT2D eigenvalue weighted by molar-refractivity contribution is 6.83. The molecule has 3 aliphatic carbocycles. The van der Waals surface area contributed by atoms with Gasteiger partial charge in [-0.15, -0.1) is 11.5 Å². The van der Waals surface area contributed by atoms with Gasteiger partial charge in [0.2, 0.25) is 0 Å². The lowest BCUT2D eigenvalue weighted by Crippen LogP contribution is -2.32. The molecule has 5 atom stereocenters. The summed E-state index contributed by atoms with van der Waals surface area (Å²) in [4.78, 5) is 11.8. The molecule has 0 amide bonds. The van der Waals surface area contributed by atoms with Crippen LogP contribution in [0.3, 0.4) is 0 Å². The van der Waals surface area contributed by atoms with E-state index in [9.17, 15) is 4.79 Å². The topological polar surface area (TPSA) is 17.1 Å². The molecule has 0 N–H and O–H groups in total. The minimum Gasteiger partial charge on any atom is -0.300 e. The van der Waals surface area contributed by atoms with Crippen LogP contribution in [0.25, 0.3) is 0 Å². The average molecular weight is 289 g/mol. The second kappa shape index (κ2) is 5.33. The molecule has 2 unspecified atom stereocenters. The van der Waals surface area contributed by atoms with Crippen LogP contribution in [0, 0.1) is 41.1 Å². The van der Waals surface area contributed by atoms with Crippen LogP contribution in [0.2, 0.25) is 19.6 Å². The fraction of sp³-hybridized carbons (Fsp3) is 0.833. The summed E-state index contributed by atoms with van der Waals surface area (Å²) >= 11 is 0. The Morgan fingerprint density at radius 2 is 1.80 bits per heavy atom. The molecule has 3 rings (SSSR count). The summed E-state index contributed by atoms with van der Waals surface area (Å²) in [5, 5.41) is 0. The number of carbonyl (C=O) groups excluding carboxylic acids is 1. The molecule has 0 aromatic heterocycles. The first-order valence-electron chi connectivity index (χ1n) is 8.48. The van der Waals surface area contributed by atoms with Gasteiger partial charge in [0.05, 0.1) is 0 Å². The summed E-state index contributed by atoms with van der Waals surface area (Å²) < 4.78 is 0. The maximum atomic E-state index is 11.8. The summed E-state index contributed by atoms with van der Waals surface area (Å²) in [6.07, 6.45) is 8.32. The quantitative estimate of drug-likeness (QED) is 0.519. The molecule has 3 aliphatic rings. The van der Waals surface area contributed by atoms with Crippen molar-refractivity contribution in [1.82, 2.24) is 0 Å². The lowest BCUT2D eigenvalue weighted by atomic mass is 9.68. The Labute approximate surface area is 124 Å². The molecule has 0 aromatic carbocycles. The Morgan fingerprint density at radius 1 is 1.05 bits per heavy atom. The van der Waals surface area contributed by atoms with Gasteiger partial charge in [-0.2, -0.15) is 0 Å². The molecule has 20 heavy (non-hydrogen) atoms. The highest BCUT2D eigenvalue weighted by Crippen LogP contribution is 2.56. The molecule has 0 radical (unpaired) electrons. The first kappa shape index (κ1) is 14.4. The van der Waals surface area contributed by atoms with E-state index >= 15 is 0 Å². The van der Waals surface area contributed by atoms with Crippen molar-refractivity contribution in [2.75, 3.05) is 0 Å². The van der Waals surface area contributed by atoms with Crippen molar-refractivity contribution in [3.63, 3.8) is 0 Å². The monoisotopic (exact) mass is 288 g/mol. The Bertz CT molecular complexity index is 450. The molecule has 1 nitrogen and oxygen atoms in total. The third kappa shape index (κ3) is 2.88. The van der Waals surface area contributed by atoms with Crippen LogP contribution >= 0.6 is 0 Å². The van der Waals surface area contributed by atoms with Crippen molar-refractivity contribution in [2.24, 2.45) is 29.6 Å². The summed E-state index contributed by atoms with van der Waals surface area (Å²) in [5.41, 5.74) is 3.63. The van der Waals surface area contributed by atoms with E-state index in [1.54, 1.807) is 0 Å². The molecule has 0 spiro atoms. The van der Waals surface area contributed by atoms with Crippen LogP contribution in [0.15, 0.2) is 0 Å². The molecule has 110 valence electrons. The van der Waals surface area contributed by atoms with Gasteiger partial charge in [-0.3, -0.25) is 4.79 Å². The normalized spacial score (nSPS) is 40.5. The van der Waals surface area contributed by atoms with Crippen LogP contribution in [-0.2, 0) is 4.79 Å². The standard InChI is InChI=1S/C18H28OSi/c1-20(2,3)10-9-17-13-7-8-15(11-13)18(17)14-5-4-6-16(19)12-14/h13-15,17-18H,4-8,11-12H2,1-3H3/t13-,14-,15+,17?,18?/m0/s1. The van der Waals surface area contributed by atoms with E-state index in [4.69, 9.17) is 0 Å². The minimum atomic E-state index is -1.27. The van der Waals surface area contributed by atoms with Crippen molar-refractivity contribution in [3.8, 4) is 11.5 Å². The van der Waals surface area contributed by atoms with E-state index in [0.29, 0.717) is 17.6 Å². The second-order valence-corrected chi connectivity index (χ2v) is 13.1. The van der Waals surface area contributed by atoms with Gasteiger partial charge in [-0.05, 0) is 55.8 Å². The number of carbonyl (C=O) groups is 1. The van der Waals surface area contributed by atoms with Gasteiger partial charge in [0.25, 0.3) is 0 Å². The van der Waals surface area contributed by atoms with E-state index < -0.39 is 8.07 Å². The van der Waals surface area contributed by atoms with Crippen molar-refractivity contribution in [3.05, 3.63) is 0 Å². The highest BCUT2D eigenvalue weighted by atomic mass is 28.3. The molecule has 3 saturated carbocycles. The van der Waals surface area contributed by atoms with Crippen LogP contribution < -0.4 is 0 Å². The van der Waals surface area contributed by atoms with Gasteiger partial charge < -0.3 is 0 Å². The van der Waals surface area contributed by atoms with Crippen LogP contribution in [0.1, 0.15) is 44.9 Å². The Balaban J connectivity index is 1.79. The Hall–Kier alpha value is -0.553. The van der Waals surface area contributed by atoms with Crippen LogP contribution in [-0.4, -0.2) is 13.9 Å². The van der Waals surface area contributed by atoms with Gasteiger partial charge >= 0.3 is 0 Å². The third-order valence-corrected chi connectivity index (χ3v) is 6.55. The molecule has 0 saturated heterocycles. The first-order valence-corrected chi connectivity index (χ1v) is 12.0. The van der Waals surface area contributed by atoms with Gasteiger partial charge in [-0.25, -0.2) is 0 Å². The summed E-state index contributed by atoms with van der Waals surface area (Å²) in [6, 6.07) is 0. The Kier molecular flexibility index (Phi) is 3.84. The number of ketones is 1. The molecule has 0 aromatic rings. The number of hydrogen-bond acceptors (Lipinski definition) is 1. The van der Waals surface area contributed by atoms with Crippen molar-refractivity contribution in [1.29, 1.82) is 0 Å².